The van der Waals surface area contributed by atoms with Gasteiger partial charge in [0.1, 0.15) is 0 Å². The van der Waals surface area contributed by atoms with Gasteiger partial charge in [-0.15, -0.1) is 10.2 Å². The van der Waals surface area contributed by atoms with Crippen LogP contribution in [0.2, 0.25) is 0 Å². The van der Waals surface area contributed by atoms with Crippen LogP contribution in [0.4, 0.5) is 5.69 Å². The van der Waals surface area contributed by atoms with Gasteiger partial charge in [0.15, 0.2) is 5.69 Å². The molecule has 0 saturated heterocycles. The molecule has 7 nitrogen and oxygen atoms in total. The molecular weight excluding hydrogens is 392 g/mol. The van der Waals surface area contributed by atoms with Crippen LogP contribution in [0.15, 0.2) is 64.8 Å². The van der Waals surface area contributed by atoms with Crippen molar-refractivity contribution in [1.82, 2.24) is 9.88 Å². The van der Waals surface area contributed by atoms with Crippen molar-refractivity contribution in [1.29, 1.82) is 0 Å². The topological polar surface area (TPSA) is 96.0 Å². The number of nitrogens with zero attached hydrogens (tertiary/aromatic N) is 3. The van der Waals surface area contributed by atoms with Crippen molar-refractivity contribution in [2.45, 2.75) is 45.6 Å². The summed E-state index contributed by atoms with van der Waals surface area (Å²) in [4.78, 5) is 24.1. The van der Waals surface area contributed by atoms with Crippen molar-refractivity contribution in [3.05, 3.63) is 60.2 Å². The number of amides is 2. The van der Waals surface area contributed by atoms with Gasteiger partial charge in [0, 0.05) is 30.0 Å². The van der Waals surface area contributed by atoms with Gasteiger partial charge in [0.2, 0.25) is 5.88 Å². The number of azo groups is 1. The molecule has 0 aliphatic carbocycles. The van der Waals surface area contributed by atoms with Crippen molar-refractivity contribution < 1.29 is 14.7 Å². The second-order valence-corrected chi connectivity index (χ2v) is 7.68. The minimum atomic E-state index is -0.325. The first-order valence-corrected chi connectivity index (χ1v) is 10.6. The predicted octanol–water partition coefficient (Wildman–Crippen LogP) is 5.53. The van der Waals surface area contributed by atoms with E-state index in [1.54, 1.807) is 16.7 Å². The van der Waals surface area contributed by atoms with Gasteiger partial charge in [0.25, 0.3) is 11.8 Å². The lowest BCUT2D eigenvalue weighted by Crippen LogP contribution is -2.24. The monoisotopic (exact) mass is 420 g/mol. The van der Waals surface area contributed by atoms with Crippen molar-refractivity contribution in [2.75, 3.05) is 6.54 Å². The highest BCUT2D eigenvalue weighted by Crippen LogP contribution is 2.40. The van der Waals surface area contributed by atoms with E-state index in [-0.39, 0.29) is 30.2 Å². The summed E-state index contributed by atoms with van der Waals surface area (Å²) in [6.45, 7) is 4.51. The number of benzene rings is 2. The Kier molecular flexibility index (Phi) is 7.54. The quantitative estimate of drug-likeness (QED) is 0.352. The molecule has 3 rings (SSSR count). The highest BCUT2D eigenvalue weighted by molar-refractivity contribution is 5.95. The molecule has 0 atom stereocenters. The molecule has 1 aromatic heterocycles. The largest absolute Gasteiger partial charge is 0.493 e. The molecule has 162 valence electrons. The molecule has 0 bridgehead atoms. The fourth-order valence-corrected chi connectivity index (χ4v) is 3.48. The molecule has 2 aromatic carbocycles. The third-order valence-corrected chi connectivity index (χ3v) is 5.03. The molecule has 2 amide bonds. The molecular formula is C24H28N4O3. The van der Waals surface area contributed by atoms with E-state index < -0.39 is 0 Å². The Morgan fingerprint density at radius 1 is 1.00 bits per heavy atom. The SMILES string of the molecule is CC(C)n1c(O)c(N=NC(=O)CCCCCNC(=O)c2ccccc2)c2ccccc21. The van der Waals surface area contributed by atoms with E-state index >= 15 is 0 Å². The number of aromatic nitrogens is 1. The Morgan fingerprint density at radius 2 is 1.71 bits per heavy atom. The summed E-state index contributed by atoms with van der Waals surface area (Å²) in [7, 11) is 0. The highest BCUT2D eigenvalue weighted by Gasteiger charge is 2.18. The Bertz CT molecular complexity index is 1070. The maximum atomic E-state index is 12.1. The molecule has 0 saturated carbocycles. The molecule has 0 fully saturated rings. The van der Waals surface area contributed by atoms with Gasteiger partial charge in [-0.3, -0.25) is 9.59 Å². The van der Waals surface area contributed by atoms with E-state index in [9.17, 15) is 14.7 Å². The Morgan fingerprint density at radius 3 is 2.45 bits per heavy atom. The minimum Gasteiger partial charge on any atom is -0.493 e. The van der Waals surface area contributed by atoms with Crippen LogP contribution in [0.3, 0.4) is 0 Å². The maximum absolute atomic E-state index is 12.1. The van der Waals surface area contributed by atoms with Gasteiger partial charge in [-0.1, -0.05) is 42.8 Å². The van der Waals surface area contributed by atoms with Crippen molar-refractivity contribution in [2.24, 2.45) is 10.2 Å². The number of hydrogen-bond donors (Lipinski definition) is 2. The van der Waals surface area contributed by atoms with Crippen molar-refractivity contribution in [3.63, 3.8) is 0 Å². The van der Waals surface area contributed by atoms with Crippen LogP contribution in [0.5, 0.6) is 5.88 Å². The molecule has 3 aromatic rings. The lowest BCUT2D eigenvalue weighted by molar-refractivity contribution is -0.118. The van der Waals surface area contributed by atoms with Gasteiger partial charge >= 0.3 is 0 Å². The maximum Gasteiger partial charge on any atom is 0.264 e. The molecule has 7 heteroatoms. The van der Waals surface area contributed by atoms with Gasteiger partial charge in [0.05, 0.1) is 5.52 Å². The average Bonchev–Trinajstić information content (AvgIpc) is 3.06. The molecule has 0 radical (unpaired) electrons. The van der Waals surface area contributed by atoms with E-state index in [0.29, 0.717) is 24.2 Å². The van der Waals surface area contributed by atoms with E-state index in [2.05, 4.69) is 15.5 Å². The molecule has 0 spiro atoms. The first kappa shape index (κ1) is 22.2. The normalized spacial score (nSPS) is 11.5. The third kappa shape index (κ3) is 5.57. The smallest absolute Gasteiger partial charge is 0.264 e. The second-order valence-electron chi connectivity index (χ2n) is 7.68. The minimum absolute atomic E-state index is 0.0157. The second kappa shape index (κ2) is 10.5. The Hall–Kier alpha value is -3.48. The van der Waals surface area contributed by atoms with Gasteiger partial charge in [-0.25, -0.2) is 0 Å². The van der Waals surface area contributed by atoms with Crippen LogP contribution < -0.4 is 5.32 Å². The summed E-state index contributed by atoms with van der Waals surface area (Å²) < 4.78 is 1.78. The Labute approximate surface area is 181 Å². The van der Waals surface area contributed by atoms with Crippen LogP contribution in [-0.4, -0.2) is 28.0 Å². The zero-order chi connectivity index (χ0) is 22.2. The summed E-state index contributed by atoms with van der Waals surface area (Å²) in [5, 5.41) is 22.1. The number of unbranched alkanes of at least 4 members (excludes halogenated alkanes) is 2. The standard InChI is InChI=1S/C24H28N4O3/c1-17(2)28-20-14-9-8-13-19(20)22(24(28)31)27-26-21(29)15-7-4-10-16-25-23(30)18-11-5-3-6-12-18/h3,5-6,8-9,11-14,17,31H,4,7,10,15-16H2,1-2H3,(H,25,30). The predicted molar refractivity (Wildman–Crippen MR) is 121 cm³/mol. The molecule has 0 unspecified atom stereocenters. The number of carbonyl (C=O) groups excluding carboxylic acids is 2. The molecule has 31 heavy (non-hydrogen) atoms. The summed E-state index contributed by atoms with van der Waals surface area (Å²) in [6, 6.07) is 16.7. The fourth-order valence-electron chi connectivity index (χ4n) is 3.48. The molecule has 1 heterocycles. The number of rotatable bonds is 9. The van der Waals surface area contributed by atoms with Crippen LogP contribution in [0, 0.1) is 0 Å². The van der Waals surface area contributed by atoms with Crippen LogP contribution >= 0.6 is 0 Å². The zero-order valence-corrected chi connectivity index (χ0v) is 17.9. The van der Waals surface area contributed by atoms with Crippen LogP contribution in [0.1, 0.15) is 55.9 Å². The van der Waals surface area contributed by atoms with Crippen LogP contribution in [0.25, 0.3) is 10.9 Å². The summed E-state index contributed by atoms with van der Waals surface area (Å²) in [5.41, 5.74) is 1.82. The van der Waals surface area contributed by atoms with E-state index in [1.807, 2.05) is 56.3 Å². The van der Waals surface area contributed by atoms with E-state index in [1.165, 1.54) is 0 Å². The summed E-state index contributed by atoms with van der Waals surface area (Å²) >= 11 is 0. The van der Waals surface area contributed by atoms with Gasteiger partial charge in [-0.2, -0.15) is 0 Å². The average molecular weight is 421 g/mol. The van der Waals surface area contributed by atoms with Crippen molar-refractivity contribution >= 4 is 28.4 Å². The van der Waals surface area contributed by atoms with E-state index in [0.717, 1.165) is 23.7 Å². The number of carbonyl (C=O) groups is 2. The first-order chi connectivity index (χ1) is 15.0. The van der Waals surface area contributed by atoms with Gasteiger partial charge < -0.3 is 15.0 Å². The van der Waals surface area contributed by atoms with E-state index in [4.69, 9.17) is 0 Å². The lowest BCUT2D eigenvalue weighted by atomic mass is 10.2. The highest BCUT2D eigenvalue weighted by atomic mass is 16.3. The zero-order valence-electron chi connectivity index (χ0n) is 17.9. The molecule has 0 aliphatic rings. The Balaban J connectivity index is 1.46. The number of aromatic hydroxyl groups is 1. The fraction of sp³-hybridized carbons (Fsp3) is 0.333. The number of nitrogens with one attached hydrogen (secondary N) is 1. The molecule has 0 aliphatic heterocycles. The van der Waals surface area contributed by atoms with Crippen LogP contribution in [-0.2, 0) is 4.79 Å². The first-order valence-electron chi connectivity index (χ1n) is 10.6. The number of para-hydroxylation sites is 1. The van der Waals surface area contributed by atoms with Crippen molar-refractivity contribution in [3.8, 4) is 5.88 Å². The summed E-state index contributed by atoms with van der Waals surface area (Å²) in [6.07, 6.45) is 2.53. The molecule has 2 N–H and O–H groups in total. The number of hydrogen-bond acceptors (Lipinski definition) is 4. The summed E-state index contributed by atoms with van der Waals surface area (Å²) in [5.74, 6) is -0.401. The lowest BCUT2D eigenvalue weighted by Gasteiger charge is -2.10. The third-order valence-electron chi connectivity index (χ3n) is 5.03. The number of fused-ring (bicyclic) bond motifs is 1. The van der Waals surface area contributed by atoms with Gasteiger partial charge in [-0.05, 0) is 44.9 Å².